The highest BCUT2D eigenvalue weighted by Crippen LogP contribution is 2.79. The van der Waals surface area contributed by atoms with Gasteiger partial charge in [-0.3, -0.25) is 38.4 Å². The van der Waals surface area contributed by atoms with Crippen LogP contribution in [-0.2, 0) is 66.9 Å². The summed E-state index contributed by atoms with van der Waals surface area (Å²) in [6.45, 7) is 6.35. The number of nitrogens with one attached hydrogen (secondary N) is 1. The first-order valence-electron chi connectivity index (χ1n) is 24.7. The summed E-state index contributed by atoms with van der Waals surface area (Å²) in [5, 5.41) is 29.1. The number of hydrogen-bond acceptors (Lipinski definition) is 18. The summed E-state index contributed by atoms with van der Waals surface area (Å²) in [6, 6.07) is 22.4. The zero-order valence-electron chi connectivity index (χ0n) is 41.7. The summed E-state index contributed by atoms with van der Waals surface area (Å²) < 4.78 is 30.5. The van der Waals surface area contributed by atoms with Crippen LogP contribution in [0.1, 0.15) is 112 Å². The Kier molecular flexibility index (Phi) is 13.5. The summed E-state index contributed by atoms with van der Waals surface area (Å²) in [7, 11) is 0. The lowest BCUT2D eigenvalue weighted by Gasteiger charge is -2.79. The highest BCUT2D eigenvalue weighted by atomic mass is 16.7. The van der Waals surface area contributed by atoms with Gasteiger partial charge in [0, 0.05) is 68.9 Å². The van der Waals surface area contributed by atoms with Gasteiger partial charge in [-0.2, -0.15) is 0 Å². The molecule has 0 aromatic heterocycles. The maximum atomic E-state index is 15.7. The third-order valence-electron chi connectivity index (χ3n) is 16.5. The molecule has 3 unspecified atom stereocenters. The van der Waals surface area contributed by atoms with E-state index in [1.807, 2.05) is 0 Å². The smallest absolute Gasteiger partial charge is 0.350 e. The number of amides is 3. The van der Waals surface area contributed by atoms with Crippen molar-refractivity contribution in [1.82, 2.24) is 10.4 Å². The number of ketones is 2. The van der Waals surface area contributed by atoms with Crippen LogP contribution >= 0.6 is 0 Å². The van der Waals surface area contributed by atoms with E-state index < -0.39 is 155 Å². The van der Waals surface area contributed by atoms with Crippen molar-refractivity contribution in [2.45, 2.75) is 127 Å². The Morgan fingerprint density at radius 1 is 0.800 bits per heavy atom. The largest absolute Gasteiger partial charge is 0.454 e. The number of carbonyl (C=O) groups excluding carboxylic acids is 10. The van der Waals surface area contributed by atoms with Gasteiger partial charge in [-0.1, -0.05) is 78.9 Å². The Morgan fingerprint density at radius 3 is 1.96 bits per heavy atom. The molecule has 20 heteroatoms. The Labute approximate surface area is 429 Å². The van der Waals surface area contributed by atoms with Crippen molar-refractivity contribution in [1.29, 1.82) is 0 Å². The Bertz CT molecular complexity index is 2910. The quantitative estimate of drug-likeness (QED) is 0.0606. The lowest BCUT2D eigenvalue weighted by atomic mass is 9.29. The average Bonchev–Trinajstić information content (AvgIpc) is 3.87. The Balaban J connectivity index is 1.15. The molecular weight excluding hydrogens is 977 g/mol. The molecule has 0 bridgehead atoms. The highest BCUT2D eigenvalue weighted by Gasteiger charge is 2.88. The number of esters is 4. The zero-order chi connectivity index (χ0) is 54.0. The number of aliphatic hydroxyl groups excluding tert-OH is 1. The molecule has 2 aliphatic heterocycles. The monoisotopic (exact) mass is 1030 g/mol. The van der Waals surface area contributed by atoms with Crippen molar-refractivity contribution >= 4 is 59.1 Å². The van der Waals surface area contributed by atoms with E-state index in [9.17, 15) is 48.6 Å². The van der Waals surface area contributed by atoms with Crippen LogP contribution in [0, 0.1) is 22.7 Å². The maximum Gasteiger partial charge on any atom is 0.350 e. The molecule has 20 nitrogen and oxygen atoms in total. The molecule has 3 aromatic rings. The molecule has 0 radical (unpaired) electrons. The fourth-order valence-corrected chi connectivity index (χ4v) is 12.9. The van der Waals surface area contributed by atoms with Crippen LogP contribution in [0.4, 0.5) is 0 Å². The molecule has 5 fully saturated rings. The summed E-state index contributed by atoms with van der Waals surface area (Å²) in [4.78, 5) is 142. The Hall–Kier alpha value is -7.42. The van der Waals surface area contributed by atoms with Crippen molar-refractivity contribution in [3.8, 4) is 0 Å². The van der Waals surface area contributed by atoms with Crippen LogP contribution < -0.4 is 5.32 Å². The van der Waals surface area contributed by atoms with Gasteiger partial charge in [0.2, 0.25) is 6.10 Å². The summed E-state index contributed by atoms with van der Waals surface area (Å²) >= 11 is 0. The van der Waals surface area contributed by atoms with Gasteiger partial charge in [-0.15, -0.1) is 5.06 Å². The number of ether oxygens (including phenoxy) is 5. The van der Waals surface area contributed by atoms with Gasteiger partial charge in [-0.05, 0) is 49.6 Å². The van der Waals surface area contributed by atoms with Crippen LogP contribution in [0.3, 0.4) is 0 Å². The first-order chi connectivity index (χ1) is 35.5. The minimum Gasteiger partial charge on any atom is -0.454 e. The Morgan fingerprint density at radius 2 is 1.39 bits per heavy atom. The van der Waals surface area contributed by atoms with Crippen molar-refractivity contribution in [3.63, 3.8) is 0 Å². The van der Waals surface area contributed by atoms with E-state index >= 15 is 9.59 Å². The summed E-state index contributed by atoms with van der Waals surface area (Å²) in [5.41, 5.74) is -9.05. The third-order valence-corrected chi connectivity index (χ3v) is 16.5. The topological polar surface area (TPSA) is 282 Å². The van der Waals surface area contributed by atoms with Gasteiger partial charge in [0.1, 0.15) is 17.7 Å². The second-order valence-corrected chi connectivity index (χ2v) is 20.5. The van der Waals surface area contributed by atoms with Crippen molar-refractivity contribution in [3.05, 3.63) is 119 Å². The fraction of sp³-hybridized carbons (Fsp3) is 0.455. The number of rotatable bonds is 16. The van der Waals surface area contributed by atoms with E-state index in [1.54, 1.807) is 78.9 Å². The molecule has 3 saturated carbocycles. The van der Waals surface area contributed by atoms with E-state index in [2.05, 4.69) is 5.32 Å². The lowest BCUT2D eigenvalue weighted by Crippen LogP contribution is -2.88. The predicted molar refractivity (Wildman–Crippen MR) is 254 cm³/mol. The molecule has 3 amide bonds. The number of benzene rings is 3. The van der Waals surface area contributed by atoms with Crippen LogP contribution in [0.15, 0.2) is 102 Å². The van der Waals surface area contributed by atoms with Gasteiger partial charge in [0.15, 0.2) is 23.3 Å². The van der Waals surface area contributed by atoms with E-state index in [1.165, 1.54) is 32.9 Å². The molecule has 4 aliphatic carbocycles. The summed E-state index contributed by atoms with van der Waals surface area (Å²) in [6.07, 6.45) is -9.57. The van der Waals surface area contributed by atoms with Crippen molar-refractivity contribution in [2.75, 3.05) is 6.61 Å². The minimum atomic E-state index is -2.23. The summed E-state index contributed by atoms with van der Waals surface area (Å²) in [5.74, 6) is -11.7. The number of carbonyl (C=O) groups is 10. The molecule has 394 valence electrons. The molecular formula is C55H56N2O18. The molecule has 9 rings (SSSR count). The second kappa shape index (κ2) is 19.4. The SMILES string of the molecule is CC(=O)O[C@H]1C(=O)[C@@]2(C)[C@H](C(CC(=O)c3ccccc3)[C@]3(O)CC4(OC(=O)C(OC(=O)CCC(=O)ON5C(=O)CCC5=O)[C@@H](NC(=O)c5ccccc5)c5ccccc5)C(C)=C1[C@@]43C)[C@]1(OC(C)=O)CO[C@@H]1C[C@@H]2O. The van der Waals surface area contributed by atoms with Crippen LogP contribution in [0.25, 0.3) is 0 Å². The number of nitrogens with zero attached hydrogens (tertiary/aromatic N) is 1. The average molecular weight is 1030 g/mol. The molecule has 75 heavy (non-hydrogen) atoms. The number of fused-ring (bicyclic) bond motifs is 3. The van der Waals surface area contributed by atoms with Gasteiger partial charge < -0.3 is 44.1 Å². The van der Waals surface area contributed by atoms with E-state index in [-0.39, 0.29) is 53.7 Å². The zero-order valence-corrected chi connectivity index (χ0v) is 41.7. The third kappa shape index (κ3) is 8.33. The number of aliphatic hydroxyl groups is 2. The molecule has 6 aliphatic rings. The predicted octanol–water partition coefficient (Wildman–Crippen LogP) is 3.70. The van der Waals surface area contributed by atoms with Crippen LogP contribution in [-0.4, -0.2) is 122 Å². The molecule has 3 aromatic carbocycles. The standard InChI is InChI=1S/C55H56N2O18/c1-29-43-45(71-30(2)58)48(66)51(4)37(61)26-38-53(28-70-38,73-31(3)59)47(51)35(25-36(60)32-15-9-6-10-16-32)54(69)27-55(29,52(43,54)5)74-50(68)46(72-41(64)23-24-42(65)75-57-39(62)21-22-40(57)63)44(33-17-11-7-12-18-33)56-49(67)34-19-13-8-14-20-34/h6-20,35,37-38,44-47,61,69H,21-28H2,1-5H3,(H,56,67)/t35?,37-,38+,44-,45+,46?,47-,51+,52+,53-,54+,55?/m0/s1. The highest BCUT2D eigenvalue weighted by molar-refractivity contribution is 6.02. The van der Waals surface area contributed by atoms with E-state index in [4.69, 9.17) is 28.5 Å². The van der Waals surface area contributed by atoms with Crippen LogP contribution in [0.5, 0.6) is 0 Å². The van der Waals surface area contributed by atoms with Gasteiger partial charge >= 0.3 is 29.8 Å². The normalized spacial score (nSPS) is 31.9. The first kappa shape index (κ1) is 52.4. The van der Waals surface area contributed by atoms with Gasteiger partial charge in [0.25, 0.3) is 17.7 Å². The lowest BCUT2D eigenvalue weighted by molar-refractivity contribution is -0.368. The molecule has 2 heterocycles. The first-order valence-corrected chi connectivity index (χ1v) is 24.7. The van der Waals surface area contributed by atoms with Gasteiger partial charge in [-0.25, -0.2) is 9.59 Å². The number of Topliss-reactive ketones (excluding diaryl/α,β-unsaturated/α-hetero) is 2. The van der Waals surface area contributed by atoms with E-state index in [0.29, 0.717) is 5.06 Å². The minimum absolute atomic E-state index is 0.0146. The number of imide groups is 1. The molecule has 0 spiro atoms. The molecule has 3 N–H and O–H groups in total. The molecule has 12 atom stereocenters. The van der Waals surface area contributed by atoms with E-state index in [0.717, 1.165) is 13.8 Å². The second-order valence-electron chi connectivity index (χ2n) is 20.5. The number of hydroxylamine groups is 2. The van der Waals surface area contributed by atoms with Crippen molar-refractivity contribution in [2.24, 2.45) is 22.7 Å². The number of hydrogen-bond donors (Lipinski definition) is 3. The van der Waals surface area contributed by atoms with Crippen molar-refractivity contribution < 1.29 is 86.7 Å². The molecule has 2 saturated heterocycles. The maximum absolute atomic E-state index is 15.7. The van der Waals surface area contributed by atoms with Gasteiger partial charge in [0.05, 0.1) is 42.0 Å². The fourth-order valence-electron chi connectivity index (χ4n) is 12.9. The van der Waals surface area contributed by atoms with Crippen LogP contribution in [0.2, 0.25) is 0 Å².